The van der Waals surface area contributed by atoms with Gasteiger partial charge in [-0.1, -0.05) is 0 Å². The fourth-order valence-electron chi connectivity index (χ4n) is 2.76. The SMILES string of the molecule is COc1cn([C@@H]2O[C@H](COP3(=O)CP(=O)(O)OP(=O)(O)O3)C(O)[C@@H]2O)c(=O)nc1N. The first-order valence-electron chi connectivity index (χ1n) is 8.01. The molecule has 0 spiro atoms. The van der Waals surface area contributed by atoms with Crippen molar-refractivity contribution >= 4 is 28.8 Å². The summed E-state index contributed by atoms with van der Waals surface area (Å²) in [6.45, 7) is -0.805. The van der Waals surface area contributed by atoms with Crippen LogP contribution in [-0.4, -0.2) is 67.5 Å². The van der Waals surface area contributed by atoms with Crippen molar-refractivity contribution in [3.05, 3.63) is 16.7 Å². The third-order valence-corrected chi connectivity index (χ3v) is 11.0. The number of nitrogens with two attached hydrogens (primary N) is 1. The number of aromatic nitrogens is 2. The minimum absolute atomic E-state index is 0.0166. The molecule has 19 heteroatoms. The third-order valence-electron chi connectivity index (χ3n) is 4.02. The summed E-state index contributed by atoms with van der Waals surface area (Å²) in [5.41, 5.74) is 4.58. The Labute approximate surface area is 167 Å². The molecular weight excluding hydrogens is 475 g/mol. The van der Waals surface area contributed by atoms with Crippen molar-refractivity contribution in [2.75, 3.05) is 25.4 Å². The molecule has 3 heterocycles. The number of hydrogen-bond donors (Lipinski definition) is 5. The van der Waals surface area contributed by atoms with E-state index in [1.54, 1.807) is 0 Å². The maximum Gasteiger partial charge on any atom is 0.486 e. The molecule has 2 fully saturated rings. The Morgan fingerprint density at radius 1 is 1.27 bits per heavy atom. The quantitative estimate of drug-likeness (QED) is 0.308. The van der Waals surface area contributed by atoms with E-state index in [2.05, 4.69) is 13.6 Å². The summed E-state index contributed by atoms with van der Waals surface area (Å²) in [6.07, 6.45) is -5.18. The zero-order valence-corrected chi connectivity index (χ0v) is 17.8. The van der Waals surface area contributed by atoms with Crippen LogP contribution in [0.5, 0.6) is 5.75 Å². The summed E-state index contributed by atoms with van der Waals surface area (Å²) >= 11 is 0. The minimum atomic E-state index is -5.13. The van der Waals surface area contributed by atoms with E-state index in [1.807, 2.05) is 0 Å². The number of phosphoric acid groups is 1. The van der Waals surface area contributed by atoms with Gasteiger partial charge in [0.25, 0.3) is 0 Å². The van der Waals surface area contributed by atoms with Crippen LogP contribution in [0.2, 0.25) is 0 Å². The van der Waals surface area contributed by atoms with Crippen molar-refractivity contribution in [2.24, 2.45) is 0 Å². The normalized spacial score (nSPS) is 41.6. The van der Waals surface area contributed by atoms with Gasteiger partial charge in [0.05, 0.1) is 19.9 Å². The third kappa shape index (κ3) is 4.85. The number of anilines is 1. The van der Waals surface area contributed by atoms with Crippen LogP contribution in [0.4, 0.5) is 5.82 Å². The van der Waals surface area contributed by atoms with Crippen LogP contribution in [0.25, 0.3) is 0 Å². The molecule has 1 aromatic rings. The molecule has 170 valence electrons. The lowest BCUT2D eigenvalue weighted by atomic mass is 10.1. The maximum absolute atomic E-state index is 12.5. The summed E-state index contributed by atoms with van der Waals surface area (Å²) in [4.78, 5) is 34.2. The molecule has 2 saturated heterocycles. The molecule has 0 aromatic carbocycles. The first-order valence-corrected chi connectivity index (χ1v) is 13.0. The van der Waals surface area contributed by atoms with Gasteiger partial charge < -0.3 is 39.7 Å². The zero-order chi connectivity index (χ0) is 22.5. The Hall–Kier alpha value is -1.15. The Balaban J connectivity index is 1.77. The number of aliphatic hydroxyl groups excluding tert-OH is 2. The average Bonchev–Trinajstić information content (AvgIpc) is 2.85. The summed E-state index contributed by atoms with van der Waals surface area (Å²) in [6, 6.07) is 0. The largest absolute Gasteiger partial charge is 0.491 e. The standard InChI is InChI=1S/C11H18N3O13P3/c1-23-5-2-14(11(17)13-9(5)12)10-8(16)7(15)6(25-10)3-24-29(20)4-28(18,19)26-30(21,22)27-29/h2,6-8,10,15-16H,3-4H2,1H3,(H,18,19)(H,21,22)(H2,12,13,17)/t6-,7?,8+,10-,29?/m1/s1. The molecule has 6 N–H and O–H groups in total. The van der Waals surface area contributed by atoms with Crippen molar-refractivity contribution in [2.45, 2.75) is 24.5 Å². The van der Waals surface area contributed by atoms with E-state index in [0.717, 1.165) is 10.8 Å². The van der Waals surface area contributed by atoms with E-state index >= 15 is 0 Å². The van der Waals surface area contributed by atoms with Crippen LogP contribution in [-0.2, 0) is 31.6 Å². The van der Waals surface area contributed by atoms with Crippen molar-refractivity contribution in [1.29, 1.82) is 0 Å². The monoisotopic (exact) mass is 493 g/mol. The topological polar surface area (TPSA) is 239 Å². The maximum atomic E-state index is 12.5. The molecule has 0 amide bonds. The highest BCUT2D eigenvalue weighted by atomic mass is 31.3. The van der Waals surface area contributed by atoms with Crippen molar-refractivity contribution in [3.63, 3.8) is 0 Å². The van der Waals surface area contributed by atoms with Crippen LogP contribution in [0.3, 0.4) is 0 Å². The lowest BCUT2D eigenvalue weighted by molar-refractivity contribution is -0.0526. The molecule has 4 unspecified atom stereocenters. The fourth-order valence-corrected chi connectivity index (χ4v) is 9.67. The van der Waals surface area contributed by atoms with Crippen LogP contribution >= 0.6 is 23.0 Å². The molecule has 2 aliphatic rings. The molecular formula is C11H18N3O13P3. The lowest BCUT2D eigenvalue weighted by Gasteiger charge is -2.28. The predicted molar refractivity (Wildman–Crippen MR) is 95.6 cm³/mol. The van der Waals surface area contributed by atoms with Gasteiger partial charge in [0, 0.05) is 0 Å². The summed E-state index contributed by atoms with van der Waals surface area (Å²) < 4.78 is 59.7. The number of nitrogen functional groups attached to an aromatic ring is 1. The van der Waals surface area contributed by atoms with Crippen molar-refractivity contribution in [3.8, 4) is 5.75 Å². The van der Waals surface area contributed by atoms with Crippen molar-refractivity contribution < 1.29 is 56.3 Å². The summed E-state index contributed by atoms with van der Waals surface area (Å²) in [5.74, 6) is -1.46. The molecule has 30 heavy (non-hydrogen) atoms. The number of rotatable bonds is 5. The molecule has 7 atom stereocenters. The van der Waals surface area contributed by atoms with Crippen molar-refractivity contribution in [1.82, 2.24) is 9.55 Å². The molecule has 0 aliphatic carbocycles. The highest BCUT2D eigenvalue weighted by Crippen LogP contribution is 2.78. The van der Waals surface area contributed by atoms with Gasteiger partial charge in [0.2, 0.25) is 0 Å². The van der Waals surface area contributed by atoms with Gasteiger partial charge in [-0.3, -0.25) is 13.7 Å². The Kier molecular flexibility index (Phi) is 6.33. The second-order valence-electron chi connectivity index (χ2n) is 6.25. The van der Waals surface area contributed by atoms with Gasteiger partial charge in [0.1, 0.15) is 18.3 Å². The van der Waals surface area contributed by atoms with E-state index in [0.29, 0.717) is 0 Å². The van der Waals surface area contributed by atoms with Crippen LogP contribution in [0.15, 0.2) is 11.0 Å². The van der Waals surface area contributed by atoms with Gasteiger partial charge in [-0.15, -0.1) is 0 Å². The minimum Gasteiger partial charge on any atom is -0.491 e. The number of methoxy groups -OCH3 is 1. The number of nitrogens with zero attached hydrogens (tertiary/aromatic N) is 2. The highest BCUT2D eigenvalue weighted by Gasteiger charge is 2.53. The number of hydrogen-bond acceptors (Lipinski definition) is 13. The van der Waals surface area contributed by atoms with E-state index in [1.165, 1.54) is 7.11 Å². The first kappa shape index (κ1) is 23.5. The molecule has 16 nitrogen and oxygen atoms in total. The van der Waals surface area contributed by atoms with Crippen LogP contribution in [0.1, 0.15) is 6.23 Å². The zero-order valence-electron chi connectivity index (χ0n) is 15.1. The molecule has 0 bridgehead atoms. The number of aliphatic hydroxyl groups is 2. The van der Waals surface area contributed by atoms with E-state index in [9.17, 15) is 38.5 Å². The first-order chi connectivity index (χ1) is 13.8. The number of ether oxygens (including phenoxy) is 2. The van der Waals surface area contributed by atoms with E-state index in [4.69, 9.17) is 19.7 Å². The molecule has 0 radical (unpaired) electrons. The lowest BCUT2D eigenvalue weighted by Crippen LogP contribution is -2.36. The van der Waals surface area contributed by atoms with Crippen LogP contribution < -0.4 is 16.2 Å². The van der Waals surface area contributed by atoms with Crippen LogP contribution in [0, 0.1) is 0 Å². The Morgan fingerprint density at radius 2 is 1.93 bits per heavy atom. The second-order valence-corrected chi connectivity index (χ2v) is 12.4. The summed E-state index contributed by atoms with van der Waals surface area (Å²) in [5, 5.41) is 20.4. The smallest absolute Gasteiger partial charge is 0.486 e. The molecule has 3 rings (SSSR count). The highest BCUT2D eigenvalue weighted by molar-refractivity contribution is 7.81. The van der Waals surface area contributed by atoms with Gasteiger partial charge in [-0.2, -0.15) is 4.98 Å². The van der Waals surface area contributed by atoms with E-state index < -0.39 is 65.8 Å². The Bertz CT molecular complexity index is 1000. The predicted octanol–water partition coefficient (Wildman–Crippen LogP) is -1.05. The van der Waals surface area contributed by atoms with E-state index in [-0.39, 0.29) is 11.6 Å². The second kappa shape index (κ2) is 8.08. The van der Waals surface area contributed by atoms with Gasteiger partial charge in [0.15, 0.2) is 23.7 Å². The van der Waals surface area contributed by atoms with Gasteiger partial charge >= 0.3 is 28.7 Å². The Morgan fingerprint density at radius 3 is 2.53 bits per heavy atom. The molecule has 2 aliphatic heterocycles. The van der Waals surface area contributed by atoms with Gasteiger partial charge in [-0.05, 0) is 0 Å². The molecule has 1 aromatic heterocycles. The average molecular weight is 493 g/mol. The molecule has 0 saturated carbocycles. The van der Waals surface area contributed by atoms with Gasteiger partial charge in [-0.25, -0.2) is 18.0 Å². The summed E-state index contributed by atoms with van der Waals surface area (Å²) in [7, 11) is -13.3. The fraction of sp³-hybridized carbons (Fsp3) is 0.636.